The van der Waals surface area contributed by atoms with Gasteiger partial charge in [-0.1, -0.05) is 58.0 Å². The van der Waals surface area contributed by atoms with Crippen LogP contribution in [0, 0.1) is 59.2 Å². The molecule has 76 heavy (non-hydrogen) atoms. The number of rotatable bonds is 11. The van der Waals surface area contributed by atoms with Gasteiger partial charge in [-0.05, 0) is 214 Å². The van der Waals surface area contributed by atoms with Gasteiger partial charge in [0.05, 0.1) is 12.2 Å². The van der Waals surface area contributed by atoms with E-state index in [0.717, 1.165) is 61.3 Å². The Morgan fingerprint density at radius 1 is 0.618 bits per heavy atom. The van der Waals surface area contributed by atoms with Crippen LogP contribution in [-0.4, -0.2) is 76.0 Å². The molecule has 0 aromatic heterocycles. The number of hydrogen-bond acceptors (Lipinski definition) is 13. The maximum absolute atomic E-state index is 12.0. The van der Waals surface area contributed by atoms with Gasteiger partial charge in [0.25, 0.3) is 0 Å². The highest BCUT2D eigenvalue weighted by Gasteiger charge is 2.61. The first-order valence-corrected chi connectivity index (χ1v) is 28.1. The number of benzene rings is 1. The molecule has 416 valence electrons. The Morgan fingerprint density at radius 3 is 1.45 bits per heavy atom. The van der Waals surface area contributed by atoms with Crippen LogP contribution >= 0.6 is 0 Å². The van der Waals surface area contributed by atoms with Crippen molar-refractivity contribution in [2.75, 3.05) is 6.61 Å². The molecule has 14 rings (SSSR count). The topological polar surface area (TPSA) is 178 Å². The van der Waals surface area contributed by atoms with E-state index in [1.807, 2.05) is 12.1 Å². The van der Waals surface area contributed by atoms with E-state index in [-0.39, 0.29) is 40.7 Å². The summed E-state index contributed by atoms with van der Waals surface area (Å²) in [6, 6.07) is 7.15. The smallest absolute Gasteiger partial charge is 0.347 e. The molecule has 13 aliphatic rings. The molecule has 1 aromatic carbocycles. The third-order valence-electron chi connectivity index (χ3n) is 18.6. The third-order valence-corrected chi connectivity index (χ3v) is 18.6. The van der Waals surface area contributed by atoms with Crippen LogP contribution in [0.15, 0.2) is 79.5 Å². The summed E-state index contributed by atoms with van der Waals surface area (Å²) in [7, 11) is 0. The van der Waals surface area contributed by atoms with Crippen molar-refractivity contribution in [1.82, 2.24) is 0 Å². The zero-order chi connectivity index (χ0) is 55.5. The SMILES string of the molecule is C=C(C)C(=O)OC1(C)C2CC3CC(C2)CC1C3.C=C(C)C(=O)OC1(CC)C2CC3CC(C2)CC1C3.C=C(C)C(=O)OC12CC3CC(CC(O)(C3)C1)C2.C=C(C)C(=O)OC1CCOC1=O.C=Cc1ccc(OC(C)=O)cc1. The van der Waals surface area contributed by atoms with E-state index in [4.69, 9.17) is 23.7 Å². The van der Waals surface area contributed by atoms with Gasteiger partial charge in [0.15, 0.2) is 0 Å². The van der Waals surface area contributed by atoms with Gasteiger partial charge in [-0.2, -0.15) is 0 Å². The average molecular weight is 1050 g/mol. The molecular weight excluding hydrogens is 965 g/mol. The molecule has 13 heteroatoms. The highest BCUT2D eigenvalue weighted by Crippen LogP contribution is 2.62. The van der Waals surface area contributed by atoms with Gasteiger partial charge in [-0.25, -0.2) is 24.0 Å². The molecule has 13 fully saturated rings. The Kier molecular flexibility index (Phi) is 18.2. The van der Waals surface area contributed by atoms with Gasteiger partial charge < -0.3 is 33.5 Å². The Bertz CT molecular complexity index is 2350. The Hall–Kier alpha value is -5.30. The van der Waals surface area contributed by atoms with Gasteiger partial charge in [0.1, 0.15) is 22.6 Å². The van der Waals surface area contributed by atoms with Crippen LogP contribution in [0.25, 0.3) is 6.08 Å². The summed E-state index contributed by atoms with van der Waals surface area (Å²) in [5.41, 5.74) is 1.48. The maximum atomic E-state index is 12.0. The Balaban J connectivity index is 0.000000140. The number of esters is 6. The van der Waals surface area contributed by atoms with Crippen molar-refractivity contribution in [3.8, 4) is 5.75 Å². The number of hydrogen-bond donors (Lipinski definition) is 1. The van der Waals surface area contributed by atoms with Crippen molar-refractivity contribution >= 4 is 41.9 Å². The van der Waals surface area contributed by atoms with Crippen molar-refractivity contribution in [3.63, 3.8) is 0 Å². The summed E-state index contributed by atoms with van der Waals surface area (Å²) in [5.74, 6) is 5.74. The molecule has 1 aliphatic heterocycles. The minimum Gasteiger partial charge on any atom is -0.463 e. The van der Waals surface area contributed by atoms with Crippen LogP contribution in [-0.2, 0) is 52.5 Å². The molecule has 1 N–H and O–H groups in total. The quantitative estimate of drug-likeness (QED) is 0.0959. The molecule has 3 unspecified atom stereocenters. The number of carbonyl (C=O) groups is 6. The number of ether oxygens (including phenoxy) is 6. The maximum Gasteiger partial charge on any atom is 0.347 e. The van der Waals surface area contributed by atoms with E-state index in [9.17, 15) is 33.9 Å². The molecule has 0 spiro atoms. The summed E-state index contributed by atoms with van der Waals surface area (Å²) in [6.45, 7) is 30.8. The average Bonchev–Trinajstić information content (AvgIpc) is 3.74. The van der Waals surface area contributed by atoms with Crippen molar-refractivity contribution in [1.29, 1.82) is 0 Å². The van der Waals surface area contributed by atoms with Crippen molar-refractivity contribution in [3.05, 3.63) is 85.0 Å². The predicted molar refractivity (Wildman–Crippen MR) is 289 cm³/mol. The van der Waals surface area contributed by atoms with Gasteiger partial charge in [0, 0.05) is 42.1 Å². The third kappa shape index (κ3) is 13.5. The van der Waals surface area contributed by atoms with Crippen LogP contribution in [0.1, 0.15) is 170 Å². The second-order valence-electron chi connectivity index (χ2n) is 25.0. The van der Waals surface area contributed by atoms with E-state index < -0.39 is 29.2 Å². The predicted octanol–water partition coefficient (Wildman–Crippen LogP) is 11.9. The van der Waals surface area contributed by atoms with Crippen LogP contribution in [0.4, 0.5) is 0 Å². The molecule has 12 saturated carbocycles. The second kappa shape index (κ2) is 23.7. The molecule has 1 saturated heterocycles. The molecule has 0 amide bonds. The lowest BCUT2D eigenvalue weighted by atomic mass is 9.49. The lowest BCUT2D eigenvalue weighted by molar-refractivity contribution is -0.217. The van der Waals surface area contributed by atoms with E-state index in [0.29, 0.717) is 77.4 Å². The highest BCUT2D eigenvalue weighted by molar-refractivity contribution is 5.90. The van der Waals surface area contributed by atoms with Crippen LogP contribution in [0.5, 0.6) is 5.75 Å². The highest BCUT2D eigenvalue weighted by atomic mass is 16.6. The molecule has 12 aliphatic carbocycles. The fourth-order valence-electron chi connectivity index (χ4n) is 15.8. The van der Waals surface area contributed by atoms with Crippen LogP contribution in [0.3, 0.4) is 0 Å². The zero-order valence-corrected chi connectivity index (χ0v) is 46.6. The number of cyclic esters (lactones) is 1. The number of aliphatic hydroxyl groups is 1. The summed E-state index contributed by atoms with van der Waals surface area (Å²) in [4.78, 5) is 67.8. The van der Waals surface area contributed by atoms with E-state index in [1.165, 1.54) is 84.5 Å². The van der Waals surface area contributed by atoms with Crippen LogP contribution < -0.4 is 4.74 Å². The molecule has 0 radical (unpaired) electrons. The normalized spacial score (nSPS) is 36.5. The fraction of sp³-hybridized carbons (Fsp3) is 0.651. The lowest BCUT2D eigenvalue weighted by Gasteiger charge is -2.60. The van der Waals surface area contributed by atoms with Gasteiger partial charge in [-0.15, -0.1) is 0 Å². The largest absolute Gasteiger partial charge is 0.463 e. The summed E-state index contributed by atoms with van der Waals surface area (Å²) < 4.78 is 31.7. The minimum atomic E-state index is -0.728. The summed E-state index contributed by atoms with van der Waals surface area (Å²) in [5, 5.41) is 10.5. The van der Waals surface area contributed by atoms with Crippen molar-refractivity contribution < 1.29 is 62.3 Å². The Morgan fingerprint density at radius 2 is 1.05 bits per heavy atom. The van der Waals surface area contributed by atoms with E-state index >= 15 is 0 Å². The lowest BCUT2D eigenvalue weighted by Crippen LogP contribution is -2.60. The van der Waals surface area contributed by atoms with E-state index in [1.54, 1.807) is 39.0 Å². The standard InChI is InChI=1S/C16H24O2.C15H22O2.C14H20O3.C10H10O2.C8H10O4/c1-4-16(18-15(17)10(2)3)13-6-11-5-12(8-13)9-14(16)7-11;1-9(2)14(16)17-15(3)12-5-10-4-11(7-12)8-13(15)6-10;1-9(2)12(15)17-14-6-10-3-11(7-14)5-13(16,4-10)8-14;1-3-9-4-6-10(7-5-9)12-8(2)11;1-5(2)7(9)12-6-3-4-11-8(6)10/h11-14H,2,4-9H2,1,3H3;10-13H,1,4-8H2,2-3H3;10-11,16H,1,3-8H2,2H3;3-7H,1H2,2H3;6H,1,3-4H2,2H3. The molecule has 3 atom stereocenters. The van der Waals surface area contributed by atoms with E-state index in [2.05, 4.69) is 51.5 Å². The summed E-state index contributed by atoms with van der Waals surface area (Å²) >= 11 is 0. The minimum absolute atomic E-state index is 0.163. The first-order chi connectivity index (χ1) is 35.8. The monoisotopic (exact) mass is 1050 g/mol. The van der Waals surface area contributed by atoms with Gasteiger partial charge in [-0.3, -0.25) is 4.79 Å². The van der Waals surface area contributed by atoms with Crippen LogP contribution in [0.2, 0.25) is 0 Å². The Labute approximate surface area is 451 Å². The first-order valence-electron chi connectivity index (χ1n) is 28.1. The first kappa shape index (κ1) is 58.4. The second-order valence-corrected chi connectivity index (χ2v) is 25.0. The molecule has 1 aromatic rings. The fourth-order valence-corrected chi connectivity index (χ4v) is 15.8. The van der Waals surface area contributed by atoms with Crippen molar-refractivity contribution in [2.24, 2.45) is 59.2 Å². The molecular formula is C63H86O13. The van der Waals surface area contributed by atoms with Gasteiger partial charge >= 0.3 is 35.8 Å². The zero-order valence-electron chi connectivity index (χ0n) is 46.6. The van der Waals surface area contributed by atoms with Crippen molar-refractivity contribution in [2.45, 2.75) is 193 Å². The van der Waals surface area contributed by atoms with Gasteiger partial charge in [0.2, 0.25) is 6.10 Å². The molecule has 13 nitrogen and oxygen atoms in total. The summed E-state index contributed by atoms with van der Waals surface area (Å²) in [6.07, 6.45) is 21.0. The molecule has 1 heterocycles. The number of carbonyl (C=O) groups excluding carboxylic acids is 6. The molecule has 12 bridgehead atoms.